The van der Waals surface area contributed by atoms with Crippen molar-refractivity contribution in [3.8, 4) is 6.07 Å². The van der Waals surface area contributed by atoms with E-state index in [0.29, 0.717) is 12.5 Å². The minimum Gasteiger partial charge on any atom is -0.444 e. The predicted octanol–water partition coefficient (Wildman–Crippen LogP) is 2.06. The van der Waals surface area contributed by atoms with Crippen molar-refractivity contribution in [2.24, 2.45) is 11.8 Å². The molecule has 1 unspecified atom stereocenters. The van der Waals surface area contributed by atoms with Gasteiger partial charge < -0.3 is 10.1 Å². The molecule has 1 N–H and O–H groups in total. The summed E-state index contributed by atoms with van der Waals surface area (Å²) in [7, 11) is 0. The summed E-state index contributed by atoms with van der Waals surface area (Å²) in [5, 5.41) is 11.3. The fourth-order valence-electron chi connectivity index (χ4n) is 1.40. The zero-order chi connectivity index (χ0) is 11.5. The third-order valence-electron chi connectivity index (χ3n) is 2.27. The lowest BCUT2D eigenvalue weighted by Gasteiger charge is -2.19. The maximum absolute atomic E-state index is 11.2. The van der Waals surface area contributed by atoms with Crippen LogP contribution in [0.25, 0.3) is 0 Å². The zero-order valence-electron chi connectivity index (χ0n) is 9.54. The lowest BCUT2D eigenvalue weighted by Crippen LogP contribution is -2.33. The number of alkyl carbamates (subject to hydrolysis) is 1. The predicted molar refractivity (Wildman–Crippen MR) is 56.1 cm³/mol. The number of amides is 1. The summed E-state index contributed by atoms with van der Waals surface area (Å²) < 4.78 is 5.08. The Hall–Kier alpha value is -1.24. The van der Waals surface area contributed by atoms with Gasteiger partial charge in [0, 0.05) is 12.5 Å². The van der Waals surface area contributed by atoms with Crippen LogP contribution in [0.5, 0.6) is 0 Å². The average molecular weight is 210 g/mol. The second kappa shape index (κ2) is 4.52. The molecule has 0 saturated heterocycles. The highest BCUT2D eigenvalue weighted by molar-refractivity contribution is 5.67. The van der Waals surface area contributed by atoms with Crippen molar-refractivity contribution in [2.75, 3.05) is 6.54 Å². The van der Waals surface area contributed by atoms with Crippen molar-refractivity contribution < 1.29 is 9.53 Å². The minimum atomic E-state index is -0.446. The molecule has 0 radical (unpaired) electrons. The van der Waals surface area contributed by atoms with Gasteiger partial charge in [-0.25, -0.2) is 4.79 Å². The summed E-state index contributed by atoms with van der Waals surface area (Å²) in [5.41, 5.74) is -0.446. The topological polar surface area (TPSA) is 62.1 Å². The number of nitriles is 1. The fourth-order valence-corrected chi connectivity index (χ4v) is 1.40. The molecule has 1 amide bonds. The first-order valence-electron chi connectivity index (χ1n) is 5.29. The number of hydrogen-bond donors (Lipinski definition) is 1. The average Bonchev–Trinajstić information content (AvgIpc) is 2.80. The van der Waals surface area contributed by atoms with Gasteiger partial charge in [0.1, 0.15) is 5.60 Å². The summed E-state index contributed by atoms with van der Waals surface area (Å²) in [4.78, 5) is 11.2. The van der Waals surface area contributed by atoms with E-state index in [0.717, 1.165) is 12.8 Å². The van der Waals surface area contributed by atoms with Crippen molar-refractivity contribution in [1.82, 2.24) is 5.32 Å². The largest absolute Gasteiger partial charge is 0.444 e. The van der Waals surface area contributed by atoms with Crippen molar-refractivity contribution in [3.05, 3.63) is 0 Å². The Kier molecular flexibility index (Phi) is 3.57. The molecule has 0 aliphatic heterocycles. The SMILES string of the molecule is CC(C)(C)OC(=O)NCCC1C[C@H]1C#N. The Morgan fingerprint density at radius 1 is 1.60 bits per heavy atom. The molecule has 4 nitrogen and oxygen atoms in total. The highest BCUT2D eigenvalue weighted by atomic mass is 16.6. The molecular weight excluding hydrogens is 192 g/mol. The normalized spacial score (nSPS) is 24.1. The molecule has 0 aromatic heterocycles. The van der Waals surface area contributed by atoms with E-state index in [4.69, 9.17) is 10.00 Å². The molecule has 1 saturated carbocycles. The van der Waals surface area contributed by atoms with E-state index in [9.17, 15) is 4.79 Å². The van der Waals surface area contributed by atoms with Crippen molar-refractivity contribution in [2.45, 2.75) is 39.2 Å². The van der Waals surface area contributed by atoms with E-state index in [1.807, 2.05) is 20.8 Å². The zero-order valence-corrected chi connectivity index (χ0v) is 9.54. The molecule has 1 rings (SSSR count). The highest BCUT2D eigenvalue weighted by Gasteiger charge is 2.36. The lowest BCUT2D eigenvalue weighted by atomic mass is 10.2. The molecule has 0 bridgehead atoms. The number of nitrogens with one attached hydrogen (secondary N) is 1. The Balaban J connectivity index is 2.06. The number of carbonyl (C=O) groups is 1. The Morgan fingerprint density at radius 2 is 2.27 bits per heavy atom. The molecule has 1 aliphatic rings. The van der Waals surface area contributed by atoms with Crippen LogP contribution in [-0.2, 0) is 4.74 Å². The fraction of sp³-hybridized carbons (Fsp3) is 0.818. The maximum atomic E-state index is 11.2. The lowest BCUT2D eigenvalue weighted by molar-refractivity contribution is 0.0526. The van der Waals surface area contributed by atoms with Crippen LogP contribution in [0.2, 0.25) is 0 Å². The molecule has 0 spiro atoms. The van der Waals surface area contributed by atoms with Gasteiger partial charge in [-0.1, -0.05) is 0 Å². The van der Waals surface area contributed by atoms with E-state index < -0.39 is 5.60 Å². The third-order valence-corrected chi connectivity index (χ3v) is 2.27. The van der Waals surface area contributed by atoms with Crippen LogP contribution < -0.4 is 5.32 Å². The van der Waals surface area contributed by atoms with Gasteiger partial charge in [-0.15, -0.1) is 0 Å². The molecule has 0 aromatic carbocycles. The summed E-state index contributed by atoms with van der Waals surface area (Å²) in [5.74, 6) is 0.690. The molecule has 0 aromatic rings. The quantitative estimate of drug-likeness (QED) is 0.775. The van der Waals surface area contributed by atoms with Gasteiger partial charge in [-0.05, 0) is 39.5 Å². The van der Waals surface area contributed by atoms with Crippen LogP contribution in [0, 0.1) is 23.2 Å². The van der Waals surface area contributed by atoms with Crippen LogP contribution in [0.3, 0.4) is 0 Å². The molecule has 4 heteroatoms. The first-order valence-corrected chi connectivity index (χ1v) is 5.29. The van der Waals surface area contributed by atoms with Crippen LogP contribution in [0.15, 0.2) is 0 Å². The smallest absolute Gasteiger partial charge is 0.407 e. The van der Waals surface area contributed by atoms with Crippen molar-refractivity contribution in [3.63, 3.8) is 0 Å². The van der Waals surface area contributed by atoms with Gasteiger partial charge in [-0.3, -0.25) is 0 Å². The number of ether oxygens (including phenoxy) is 1. The molecule has 15 heavy (non-hydrogen) atoms. The second-order valence-corrected chi connectivity index (χ2v) is 4.95. The van der Waals surface area contributed by atoms with Gasteiger partial charge in [0.15, 0.2) is 0 Å². The first kappa shape index (κ1) is 11.8. The van der Waals surface area contributed by atoms with Gasteiger partial charge >= 0.3 is 6.09 Å². The third kappa shape index (κ3) is 4.68. The monoisotopic (exact) mass is 210 g/mol. The summed E-state index contributed by atoms with van der Waals surface area (Å²) >= 11 is 0. The van der Waals surface area contributed by atoms with Crippen LogP contribution >= 0.6 is 0 Å². The van der Waals surface area contributed by atoms with Crippen molar-refractivity contribution in [1.29, 1.82) is 5.26 Å². The van der Waals surface area contributed by atoms with Crippen LogP contribution in [-0.4, -0.2) is 18.2 Å². The van der Waals surface area contributed by atoms with E-state index >= 15 is 0 Å². The van der Waals surface area contributed by atoms with Crippen LogP contribution in [0.4, 0.5) is 4.79 Å². The Bertz CT molecular complexity index is 275. The van der Waals surface area contributed by atoms with Gasteiger partial charge in [0.05, 0.1) is 6.07 Å². The number of rotatable bonds is 3. The Labute approximate surface area is 90.6 Å². The van der Waals surface area contributed by atoms with Crippen molar-refractivity contribution >= 4 is 6.09 Å². The molecule has 84 valence electrons. The molecule has 1 fully saturated rings. The standard InChI is InChI=1S/C11H18N2O2/c1-11(2,3)15-10(14)13-5-4-8-6-9(8)7-12/h8-9H,4-6H2,1-3H3,(H,13,14)/t8?,9-/m0/s1. The summed E-state index contributed by atoms with van der Waals surface area (Å²) in [6.07, 6.45) is 1.47. The van der Waals surface area contributed by atoms with E-state index in [2.05, 4.69) is 11.4 Å². The van der Waals surface area contributed by atoms with E-state index in [1.165, 1.54) is 0 Å². The number of carbonyl (C=O) groups excluding carboxylic acids is 1. The van der Waals surface area contributed by atoms with Gasteiger partial charge in [-0.2, -0.15) is 5.26 Å². The maximum Gasteiger partial charge on any atom is 0.407 e. The number of nitrogens with zero attached hydrogens (tertiary/aromatic N) is 1. The minimum absolute atomic E-state index is 0.213. The van der Waals surface area contributed by atoms with Gasteiger partial charge in [0.2, 0.25) is 0 Å². The van der Waals surface area contributed by atoms with Crippen LogP contribution in [0.1, 0.15) is 33.6 Å². The molecule has 2 atom stereocenters. The molecule has 0 heterocycles. The second-order valence-electron chi connectivity index (χ2n) is 4.95. The molecular formula is C11H18N2O2. The highest BCUT2D eigenvalue weighted by Crippen LogP contribution is 2.39. The first-order chi connectivity index (χ1) is 6.92. The summed E-state index contributed by atoms with van der Waals surface area (Å²) in [6, 6.07) is 2.22. The molecule has 1 aliphatic carbocycles. The van der Waals surface area contributed by atoms with E-state index in [-0.39, 0.29) is 12.0 Å². The Morgan fingerprint density at radius 3 is 2.73 bits per heavy atom. The van der Waals surface area contributed by atoms with Gasteiger partial charge in [0.25, 0.3) is 0 Å². The number of hydrogen-bond acceptors (Lipinski definition) is 3. The summed E-state index contributed by atoms with van der Waals surface area (Å²) in [6.45, 7) is 6.09. The van der Waals surface area contributed by atoms with E-state index in [1.54, 1.807) is 0 Å².